The zero-order valence-electron chi connectivity index (χ0n) is 14.4. The molecule has 1 aromatic carbocycles. The van der Waals surface area contributed by atoms with Crippen LogP contribution >= 0.6 is 11.6 Å². The number of aliphatic hydroxyl groups excluding tert-OH is 1. The van der Waals surface area contributed by atoms with E-state index in [0.717, 1.165) is 13.1 Å². The largest absolute Gasteiger partial charge is 0.437 e. The molecule has 0 aliphatic carbocycles. The third-order valence-electron chi connectivity index (χ3n) is 4.38. The Labute approximate surface area is 163 Å². The summed E-state index contributed by atoms with van der Waals surface area (Å²) < 4.78 is 80.9. The third kappa shape index (κ3) is 3.67. The van der Waals surface area contributed by atoms with Crippen molar-refractivity contribution in [2.24, 2.45) is 12.2 Å². The minimum atomic E-state index is -5.14. The van der Waals surface area contributed by atoms with E-state index in [9.17, 15) is 36.6 Å². The summed E-state index contributed by atoms with van der Waals surface area (Å²) in [4.78, 5) is 4.67. The van der Waals surface area contributed by atoms with Gasteiger partial charge in [0.2, 0.25) is 0 Å². The van der Waals surface area contributed by atoms with Gasteiger partial charge in [-0.25, -0.2) is 0 Å². The van der Waals surface area contributed by atoms with Crippen molar-refractivity contribution in [2.75, 3.05) is 0 Å². The molecule has 13 heteroatoms. The van der Waals surface area contributed by atoms with E-state index in [2.05, 4.69) is 15.1 Å². The number of aromatic nitrogens is 2. The molecule has 3 rings (SSSR count). The summed E-state index contributed by atoms with van der Waals surface area (Å²) >= 11 is 5.80. The Balaban J connectivity index is 2.05. The van der Waals surface area contributed by atoms with Crippen LogP contribution in [0.4, 0.5) is 26.3 Å². The lowest BCUT2D eigenvalue weighted by Crippen LogP contribution is -2.44. The predicted octanol–water partition coefficient (Wildman–Crippen LogP) is 3.66. The molecule has 2 aromatic rings. The number of benzene rings is 1. The van der Waals surface area contributed by atoms with E-state index in [0.29, 0.717) is 4.68 Å². The smallest absolute Gasteiger partial charge is 0.372 e. The summed E-state index contributed by atoms with van der Waals surface area (Å²) in [5.74, 6) is 0. The van der Waals surface area contributed by atoms with E-state index in [1.165, 1.54) is 12.1 Å². The van der Waals surface area contributed by atoms with Crippen molar-refractivity contribution in [1.29, 1.82) is 0 Å². The number of nitrogens with zero attached hydrogens (tertiary/aromatic N) is 3. The van der Waals surface area contributed by atoms with Gasteiger partial charge in [-0.05, 0) is 18.2 Å². The first-order valence-electron chi connectivity index (χ1n) is 7.86. The minimum Gasteiger partial charge on any atom is -0.372 e. The molecule has 6 nitrogen and oxygen atoms in total. The Kier molecular flexibility index (Phi) is 5.08. The zero-order valence-corrected chi connectivity index (χ0v) is 15.1. The molecule has 0 amide bonds. The molecule has 0 spiro atoms. The SMILES string of the molecule is Cn1nc(C(F)(F)F)cc1C1(C(F)(F)F)CC(c2ccc(Cl)c(C(O)O)c2)=NO1. The first kappa shape index (κ1) is 21.4. The highest BCUT2D eigenvalue weighted by Crippen LogP contribution is 2.49. The fourth-order valence-electron chi connectivity index (χ4n) is 2.93. The molecule has 0 fully saturated rings. The second kappa shape index (κ2) is 6.89. The highest BCUT2D eigenvalue weighted by atomic mass is 35.5. The van der Waals surface area contributed by atoms with E-state index in [-0.39, 0.29) is 27.9 Å². The Hall–Kier alpha value is -2.31. The molecule has 0 bridgehead atoms. The van der Waals surface area contributed by atoms with Crippen molar-refractivity contribution in [3.8, 4) is 0 Å². The van der Waals surface area contributed by atoms with Crippen molar-refractivity contribution in [1.82, 2.24) is 9.78 Å². The van der Waals surface area contributed by atoms with Crippen LogP contribution in [-0.4, -0.2) is 31.9 Å². The molecule has 2 heterocycles. The van der Waals surface area contributed by atoms with Gasteiger partial charge in [0.1, 0.15) is 0 Å². The van der Waals surface area contributed by atoms with Crippen molar-refractivity contribution in [3.63, 3.8) is 0 Å². The molecule has 2 N–H and O–H groups in total. The van der Waals surface area contributed by atoms with Crippen LogP contribution in [0.15, 0.2) is 29.4 Å². The third-order valence-corrected chi connectivity index (χ3v) is 4.72. The molecular formula is C16H12ClF6N3O3. The lowest BCUT2D eigenvalue weighted by atomic mass is 9.89. The van der Waals surface area contributed by atoms with E-state index in [4.69, 9.17) is 11.6 Å². The molecule has 1 aliphatic heterocycles. The average Bonchev–Trinajstić information content (AvgIpc) is 3.19. The number of aliphatic hydroxyl groups is 2. The van der Waals surface area contributed by atoms with Crippen LogP contribution in [0.25, 0.3) is 0 Å². The van der Waals surface area contributed by atoms with Gasteiger partial charge in [-0.1, -0.05) is 22.8 Å². The highest BCUT2D eigenvalue weighted by Gasteiger charge is 2.64. The molecule has 0 radical (unpaired) electrons. The minimum absolute atomic E-state index is 0.0295. The van der Waals surface area contributed by atoms with E-state index >= 15 is 0 Å². The first-order chi connectivity index (χ1) is 13.3. The van der Waals surface area contributed by atoms with Gasteiger partial charge in [-0.2, -0.15) is 31.4 Å². The standard InChI is InChI=1S/C16H12ClF6N3O3/c1-26-12(5-11(24-26)15(18,19)20)14(16(21,22)23)6-10(25-29-14)7-2-3-9(17)8(4-7)13(27)28/h2-5,13,27-28H,6H2,1H3. The fourth-order valence-corrected chi connectivity index (χ4v) is 3.14. The zero-order chi connectivity index (χ0) is 21.8. The van der Waals surface area contributed by atoms with Gasteiger partial charge >= 0.3 is 12.4 Å². The van der Waals surface area contributed by atoms with E-state index in [1.54, 1.807) is 0 Å². The summed E-state index contributed by atoms with van der Waals surface area (Å²) in [7, 11) is 0.932. The van der Waals surface area contributed by atoms with Crippen LogP contribution in [-0.2, 0) is 23.7 Å². The average molecular weight is 444 g/mol. The van der Waals surface area contributed by atoms with Crippen LogP contribution in [0.3, 0.4) is 0 Å². The molecule has 0 saturated heterocycles. The van der Waals surface area contributed by atoms with Crippen molar-refractivity contribution < 1.29 is 41.4 Å². The number of aryl methyl sites for hydroxylation is 1. The van der Waals surface area contributed by atoms with Crippen LogP contribution in [0, 0.1) is 0 Å². The van der Waals surface area contributed by atoms with Gasteiger partial charge in [-0.15, -0.1) is 0 Å². The monoisotopic (exact) mass is 443 g/mol. The van der Waals surface area contributed by atoms with Gasteiger partial charge in [0, 0.05) is 23.2 Å². The Morgan fingerprint density at radius 2 is 1.83 bits per heavy atom. The Bertz CT molecular complexity index is 970. The number of hydrogen-bond donors (Lipinski definition) is 2. The van der Waals surface area contributed by atoms with Crippen molar-refractivity contribution in [2.45, 2.75) is 30.7 Å². The van der Waals surface area contributed by atoms with Crippen LogP contribution in [0.5, 0.6) is 0 Å². The van der Waals surface area contributed by atoms with Crippen LogP contribution < -0.4 is 0 Å². The van der Waals surface area contributed by atoms with Crippen molar-refractivity contribution in [3.05, 3.63) is 51.8 Å². The maximum absolute atomic E-state index is 13.9. The highest BCUT2D eigenvalue weighted by molar-refractivity contribution is 6.31. The Morgan fingerprint density at radius 3 is 2.34 bits per heavy atom. The van der Waals surface area contributed by atoms with Gasteiger partial charge < -0.3 is 15.1 Å². The molecular weight excluding hydrogens is 432 g/mol. The number of alkyl halides is 6. The normalized spacial score (nSPS) is 20.2. The lowest BCUT2D eigenvalue weighted by Gasteiger charge is -2.28. The van der Waals surface area contributed by atoms with Gasteiger partial charge in [-0.3, -0.25) is 4.68 Å². The summed E-state index contributed by atoms with van der Waals surface area (Å²) in [6, 6.07) is 3.85. The number of oxime groups is 1. The molecule has 1 unspecified atom stereocenters. The second-order valence-electron chi connectivity index (χ2n) is 6.28. The summed E-state index contributed by atoms with van der Waals surface area (Å²) in [5, 5.41) is 25.1. The van der Waals surface area contributed by atoms with Crippen molar-refractivity contribution >= 4 is 17.3 Å². The topological polar surface area (TPSA) is 79.9 Å². The van der Waals surface area contributed by atoms with Crippen LogP contribution in [0.1, 0.15) is 35.2 Å². The summed E-state index contributed by atoms with van der Waals surface area (Å²) in [5.41, 5.74) is -6.01. The fraction of sp³-hybridized carbons (Fsp3) is 0.375. The van der Waals surface area contributed by atoms with E-state index < -0.39 is 42.1 Å². The van der Waals surface area contributed by atoms with Gasteiger partial charge in [0.15, 0.2) is 12.0 Å². The molecule has 1 aromatic heterocycles. The molecule has 29 heavy (non-hydrogen) atoms. The number of rotatable bonds is 3. The van der Waals surface area contributed by atoms with Crippen LogP contribution in [0.2, 0.25) is 5.02 Å². The summed E-state index contributed by atoms with van der Waals surface area (Å²) in [6.45, 7) is 0. The van der Waals surface area contributed by atoms with Gasteiger partial charge in [0.05, 0.1) is 17.8 Å². The molecule has 1 atom stereocenters. The second-order valence-corrected chi connectivity index (χ2v) is 6.68. The quantitative estimate of drug-likeness (QED) is 0.560. The van der Waals surface area contributed by atoms with Gasteiger partial charge in [0.25, 0.3) is 5.60 Å². The summed E-state index contributed by atoms with van der Waals surface area (Å²) in [6.07, 6.45) is -13.0. The van der Waals surface area contributed by atoms with E-state index in [1.807, 2.05) is 0 Å². The molecule has 1 aliphatic rings. The maximum atomic E-state index is 13.9. The predicted molar refractivity (Wildman–Crippen MR) is 86.8 cm³/mol. The maximum Gasteiger partial charge on any atom is 0.437 e. The lowest BCUT2D eigenvalue weighted by molar-refractivity contribution is -0.278. The number of halogens is 7. The molecule has 158 valence electrons. The first-order valence-corrected chi connectivity index (χ1v) is 8.23. The Morgan fingerprint density at radius 1 is 1.17 bits per heavy atom. The molecule has 0 saturated carbocycles. The number of hydrogen-bond acceptors (Lipinski definition) is 5.